The van der Waals surface area contributed by atoms with Crippen molar-refractivity contribution in [2.24, 2.45) is 0 Å². The molecule has 0 aliphatic heterocycles. The lowest BCUT2D eigenvalue weighted by atomic mass is 10.1. The van der Waals surface area contributed by atoms with Gasteiger partial charge < -0.3 is 0 Å². The fourth-order valence-corrected chi connectivity index (χ4v) is 2.16. The fourth-order valence-electron chi connectivity index (χ4n) is 2.03. The predicted octanol–water partition coefficient (Wildman–Crippen LogP) is 3.96. The maximum Gasteiger partial charge on any atom is 0.176 e. The molecule has 0 atom stereocenters. The van der Waals surface area contributed by atoms with E-state index in [2.05, 4.69) is 0 Å². The number of Topliss-reactive ketones (excluding diaryl/α,β-unsaturated/α-hetero) is 1. The predicted molar refractivity (Wildman–Crippen MR) is 83.3 cm³/mol. The molecule has 0 spiro atoms. The Hall–Kier alpha value is -1.64. The number of nitrogens with zero attached hydrogens (tertiary/aromatic N) is 1. The van der Waals surface area contributed by atoms with Crippen LogP contribution < -0.4 is 0 Å². The molecule has 0 N–H and O–H groups in total. The van der Waals surface area contributed by atoms with Crippen LogP contribution >= 0.6 is 11.6 Å². The summed E-state index contributed by atoms with van der Waals surface area (Å²) < 4.78 is 0. The molecule has 0 fully saturated rings. The standard InChI is InChI=1S/C17H18ClNO/c1-13-3-7-15(8-4-13)17(20)12-19(2)11-14-5-9-16(18)10-6-14/h3-10H,11-12H2,1-2H3. The van der Waals surface area contributed by atoms with Crippen LogP contribution in [0.25, 0.3) is 0 Å². The van der Waals surface area contributed by atoms with Crippen molar-refractivity contribution in [3.8, 4) is 0 Å². The number of carbonyl (C=O) groups excluding carboxylic acids is 1. The van der Waals surface area contributed by atoms with Crippen molar-refractivity contribution in [2.75, 3.05) is 13.6 Å². The van der Waals surface area contributed by atoms with Gasteiger partial charge in [-0.1, -0.05) is 53.6 Å². The van der Waals surface area contributed by atoms with Gasteiger partial charge in [-0.25, -0.2) is 0 Å². The summed E-state index contributed by atoms with van der Waals surface area (Å²) in [7, 11) is 1.95. The number of benzene rings is 2. The molecular weight excluding hydrogens is 270 g/mol. The minimum absolute atomic E-state index is 0.140. The Morgan fingerprint density at radius 1 is 1.05 bits per heavy atom. The monoisotopic (exact) mass is 287 g/mol. The highest BCUT2D eigenvalue weighted by Gasteiger charge is 2.09. The molecule has 0 heterocycles. The van der Waals surface area contributed by atoms with Crippen LogP contribution in [0.15, 0.2) is 48.5 Å². The summed E-state index contributed by atoms with van der Waals surface area (Å²) in [4.78, 5) is 14.2. The summed E-state index contributed by atoms with van der Waals surface area (Å²) >= 11 is 5.86. The Kier molecular flexibility index (Phi) is 4.94. The van der Waals surface area contributed by atoms with Crippen LogP contribution in [0.3, 0.4) is 0 Å². The van der Waals surface area contributed by atoms with E-state index >= 15 is 0 Å². The third kappa shape index (κ3) is 4.19. The van der Waals surface area contributed by atoms with Gasteiger partial charge in [-0.15, -0.1) is 0 Å². The molecule has 0 unspecified atom stereocenters. The molecule has 2 aromatic carbocycles. The van der Waals surface area contributed by atoms with E-state index in [0.29, 0.717) is 6.54 Å². The van der Waals surface area contributed by atoms with E-state index in [9.17, 15) is 4.79 Å². The topological polar surface area (TPSA) is 20.3 Å². The number of aryl methyl sites for hydroxylation is 1. The van der Waals surface area contributed by atoms with Gasteiger partial charge in [-0.3, -0.25) is 9.69 Å². The molecule has 0 saturated heterocycles. The van der Waals surface area contributed by atoms with Crippen LogP contribution in [-0.2, 0) is 6.54 Å². The molecule has 0 radical (unpaired) electrons. The zero-order valence-corrected chi connectivity index (χ0v) is 12.5. The molecule has 2 nitrogen and oxygen atoms in total. The third-order valence-electron chi connectivity index (χ3n) is 3.15. The first-order chi connectivity index (χ1) is 9.54. The summed E-state index contributed by atoms with van der Waals surface area (Å²) in [5.41, 5.74) is 3.07. The van der Waals surface area contributed by atoms with E-state index in [1.807, 2.05) is 67.4 Å². The number of hydrogen-bond donors (Lipinski definition) is 0. The lowest BCUT2D eigenvalue weighted by Crippen LogP contribution is -2.25. The van der Waals surface area contributed by atoms with Gasteiger partial charge in [0.2, 0.25) is 0 Å². The molecule has 0 amide bonds. The van der Waals surface area contributed by atoms with Gasteiger partial charge in [0.1, 0.15) is 0 Å². The summed E-state index contributed by atoms with van der Waals surface area (Å²) in [5, 5.41) is 0.729. The molecule has 0 bridgehead atoms. The Morgan fingerprint density at radius 2 is 1.65 bits per heavy atom. The van der Waals surface area contributed by atoms with Crippen molar-refractivity contribution in [1.82, 2.24) is 4.90 Å². The summed E-state index contributed by atoms with van der Waals surface area (Å²) in [6, 6.07) is 15.4. The minimum atomic E-state index is 0.140. The molecule has 3 heteroatoms. The molecule has 104 valence electrons. The van der Waals surface area contributed by atoms with Crippen molar-refractivity contribution in [3.05, 3.63) is 70.2 Å². The molecule has 0 aliphatic rings. The second kappa shape index (κ2) is 6.69. The van der Waals surface area contributed by atoms with Crippen molar-refractivity contribution in [3.63, 3.8) is 0 Å². The van der Waals surface area contributed by atoms with Gasteiger partial charge in [0.05, 0.1) is 6.54 Å². The first-order valence-corrected chi connectivity index (χ1v) is 6.95. The van der Waals surface area contributed by atoms with Crippen LogP contribution in [0.5, 0.6) is 0 Å². The van der Waals surface area contributed by atoms with E-state index in [-0.39, 0.29) is 5.78 Å². The first-order valence-electron chi connectivity index (χ1n) is 6.57. The Morgan fingerprint density at radius 3 is 2.25 bits per heavy atom. The van der Waals surface area contributed by atoms with E-state index < -0.39 is 0 Å². The summed E-state index contributed by atoms with van der Waals surface area (Å²) in [6.07, 6.45) is 0. The zero-order valence-electron chi connectivity index (χ0n) is 11.8. The maximum atomic E-state index is 12.1. The molecule has 0 aromatic heterocycles. The number of rotatable bonds is 5. The van der Waals surface area contributed by atoms with E-state index in [1.54, 1.807) is 0 Å². The van der Waals surface area contributed by atoms with Gasteiger partial charge in [-0.2, -0.15) is 0 Å². The smallest absolute Gasteiger partial charge is 0.176 e. The summed E-state index contributed by atoms with van der Waals surface area (Å²) in [5.74, 6) is 0.140. The normalized spacial score (nSPS) is 10.8. The molecular formula is C17H18ClNO. The molecule has 0 aliphatic carbocycles. The zero-order chi connectivity index (χ0) is 14.5. The first kappa shape index (κ1) is 14.8. The van der Waals surface area contributed by atoms with Crippen molar-refractivity contribution in [2.45, 2.75) is 13.5 Å². The summed E-state index contributed by atoms with van der Waals surface area (Å²) in [6.45, 7) is 3.15. The van der Waals surface area contributed by atoms with Crippen LogP contribution in [0.1, 0.15) is 21.5 Å². The number of hydrogen-bond acceptors (Lipinski definition) is 2. The van der Waals surface area contributed by atoms with Crippen LogP contribution in [0.2, 0.25) is 5.02 Å². The van der Waals surface area contributed by atoms with Crippen LogP contribution in [-0.4, -0.2) is 24.3 Å². The Bertz CT molecular complexity index is 575. The average Bonchev–Trinajstić information content (AvgIpc) is 2.42. The number of ketones is 1. The van der Waals surface area contributed by atoms with Gasteiger partial charge >= 0.3 is 0 Å². The molecule has 2 rings (SSSR count). The van der Waals surface area contributed by atoms with Crippen LogP contribution in [0, 0.1) is 6.92 Å². The number of likely N-dealkylation sites (N-methyl/N-ethyl adjacent to an activating group) is 1. The highest BCUT2D eigenvalue weighted by atomic mass is 35.5. The Balaban J connectivity index is 1.93. The third-order valence-corrected chi connectivity index (χ3v) is 3.40. The molecule has 2 aromatic rings. The maximum absolute atomic E-state index is 12.1. The molecule has 20 heavy (non-hydrogen) atoms. The fraction of sp³-hybridized carbons (Fsp3) is 0.235. The molecule has 0 saturated carbocycles. The Labute approximate surface area is 125 Å². The van der Waals surface area contributed by atoms with E-state index in [1.165, 1.54) is 0 Å². The van der Waals surface area contributed by atoms with Crippen LogP contribution in [0.4, 0.5) is 0 Å². The highest BCUT2D eigenvalue weighted by molar-refractivity contribution is 6.30. The van der Waals surface area contributed by atoms with Gasteiger partial charge in [0.25, 0.3) is 0 Å². The second-order valence-corrected chi connectivity index (χ2v) is 5.52. The van der Waals surface area contributed by atoms with Gasteiger partial charge in [-0.05, 0) is 31.7 Å². The van der Waals surface area contributed by atoms with Crippen molar-refractivity contribution >= 4 is 17.4 Å². The number of carbonyl (C=O) groups is 1. The largest absolute Gasteiger partial charge is 0.295 e. The lowest BCUT2D eigenvalue weighted by Gasteiger charge is -2.16. The quantitative estimate of drug-likeness (QED) is 0.776. The van der Waals surface area contributed by atoms with E-state index in [0.717, 1.165) is 28.3 Å². The minimum Gasteiger partial charge on any atom is -0.295 e. The van der Waals surface area contributed by atoms with Crippen molar-refractivity contribution < 1.29 is 4.79 Å². The van der Waals surface area contributed by atoms with Gasteiger partial charge in [0.15, 0.2) is 5.78 Å². The van der Waals surface area contributed by atoms with Crippen molar-refractivity contribution in [1.29, 1.82) is 0 Å². The average molecular weight is 288 g/mol. The lowest BCUT2D eigenvalue weighted by molar-refractivity contribution is 0.0943. The SMILES string of the molecule is Cc1ccc(C(=O)CN(C)Cc2ccc(Cl)cc2)cc1. The van der Waals surface area contributed by atoms with Gasteiger partial charge in [0, 0.05) is 17.1 Å². The second-order valence-electron chi connectivity index (χ2n) is 5.09. The van der Waals surface area contributed by atoms with E-state index in [4.69, 9.17) is 11.6 Å². The number of halogens is 1. The highest BCUT2D eigenvalue weighted by Crippen LogP contribution is 2.11.